The lowest BCUT2D eigenvalue weighted by molar-refractivity contribution is -0.193. The van der Waals surface area contributed by atoms with Crippen molar-refractivity contribution >= 4 is 17.9 Å². The summed E-state index contributed by atoms with van der Waals surface area (Å²) in [5.41, 5.74) is 1.71. The van der Waals surface area contributed by atoms with E-state index >= 15 is 0 Å². The summed E-state index contributed by atoms with van der Waals surface area (Å²) >= 11 is 0. The Hall–Kier alpha value is -3.96. The third-order valence-corrected chi connectivity index (χ3v) is 5.78. The van der Waals surface area contributed by atoms with Crippen molar-refractivity contribution in [2.45, 2.75) is 50.3 Å². The maximum absolute atomic E-state index is 13.0. The van der Waals surface area contributed by atoms with Gasteiger partial charge in [0.15, 0.2) is 0 Å². The molecule has 17 heteroatoms. The van der Waals surface area contributed by atoms with Crippen LogP contribution in [-0.2, 0) is 27.3 Å². The average Bonchev–Trinajstić information content (AvgIpc) is 2.93. The van der Waals surface area contributed by atoms with E-state index in [4.69, 9.17) is 29.6 Å². The number of hydrogen-bond acceptors (Lipinski definition) is 7. The van der Waals surface area contributed by atoms with Gasteiger partial charge < -0.3 is 30.5 Å². The Bertz CT molecular complexity index is 1160. The van der Waals surface area contributed by atoms with E-state index in [1.807, 2.05) is 12.1 Å². The zero-order chi connectivity index (χ0) is 33.5. The minimum atomic E-state index is -5.08. The summed E-state index contributed by atoms with van der Waals surface area (Å²) in [6.07, 6.45) is -8.99. The number of carbonyl (C=O) groups is 3. The third kappa shape index (κ3) is 16.0. The lowest BCUT2D eigenvalue weighted by atomic mass is 10.0. The number of rotatable bonds is 10. The number of aliphatic hydroxyl groups excluding tert-OH is 1. The van der Waals surface area contributed by atoms with Crippen molar-refractivity contribution in [3.8, 4) is 5.75 Å². The van der Waals surface area contributed by atoms with Gasteiger partial charge >= 0.3 is 30.3 Å². The molecule has 3 rings (SSSR count). The summed E-state index contributed by atoms with van der Waals surface area (Å²) in [6, 6.07) is 14.0. The number of piperidine rings is 1. The second-order valence-corrected chi connectivity index (χ2v) is 9.33. The second kappa shape index (κ2) is 18.0. The lowest BCUT2D eigenvalue weighted by Gasteiger charge is -2.33. The molecule has 5 N–H and O–H groups in total. The molecule has 0 unspecified atom stereocenters. The fraction of sp³-hybridized carbons (Fsp3) is 0.444. The summed E-state index contributed by atoms with van der Waals surface area (Å²) in [5.74, 6) is -6.15. The Morgan fingerprint density at radius 3 is 1.86 bits per heavy atom. The minimum absolute atomic E-state index is 0.104. The Kier molecular flexibility index (Phi) is 15.6. The number of nitrogens with one attached hydrogen (secondary N) is 1. The number of aliphatic carboxylic acids is 3. The highest BCUT2D eigenvalue weighted by atomic mass is 19.4. The van der Waals surface area contributed by atoms with E-state index in [9.17, 15) is 40.6 Å². The molecular formula is C27H31F7N2O8. The van der Waals surface area contributed by atoms with E-state index in [-0.39, 0.29) is 18.8 Å². The molecule has 0 aliphatic carbocycles. The molecule has 246 valence electrons. The molecule has 0 amide bonds. The molecule has 1 fully saturated rings. The molecule has 10 nitrogen and oxygen atoms in total. The van der Waals surface area contributed by atoms with Crippen LogP contribution in [0, 0.1) is 5.82 Å². The predicted octanol–water partition coefficient (Wildman–Crippen LogP) is 3.71. The van der Waals surface area contributed by atoms with E-state index in [0.717, 1.165) is 38.0 Å². The molecule has 2 aromatic carbocycles. The Morgan fingerprint density at radius 1 is 0.886 bits per heavy atom. The standard InChI is InChI=1S/C23H29FN2O4.2C2HF3O2/c24-19-7-5-17(6-8-19)15-26-11-9-20(10-12-26)25-14-21(27)16-30-22-4-2-1-3-18(22)13-23(28)29;2*3-2(4,5)1(6)7/h1-8,20-21,25,27H,9-16H2,(H,28,29);2*(H,6,7)/t21-;;/m0../s1. The number of halogens is 7. The number of likely N-dealkylation sites (tertiary alicyclic amines) is 1. The largest absolute Gasteiger partial charge is 0.491 e. The monoisotopic (exact) mass is 644 g/mol. The van der Waals surface area contributed by atoms with Gasteiger partial charge in [0.2, 0.25) is 0 Å². The van der Waals surface area contributed by atoms with E-state index in [0.29, 0.717) is 23.9 Å². The molecule has 1 aliphatic rings. The van der Waals surface area contributed by atoms with Gasteiger partial charge in [0.05, 0.1) is 6.42 Å². The molecule has 1 atom stereocenters. The zero-order valence-corrected chi connectivity index (χ0v) is 22.9. The first kappa shape index (κ1) is 38.1. The molecule has 0 bridgehead atoms. The van der Waals surface area contributed by atoms with Crippen LogP contribution in [0.3, 0.4) is 0 Å². The van der Waals surface area contributed by atoms with Crippen LogP contribution in [0.4, 0.5) is 30.7 Å². The fourth-order valence-corrected chi connectivity index (χ4v) is 3.64. The third-order valence-electron chi connectivity index (χ3n) is 5.78. The maximum atomic E-state index is 13.0. The van der Waals surface area contributed by atoms with Crippen molar-refractivity contribution < 1.29 is 70.3 Å². The smallest absolute Gasteiger partial charge is 0.490 e. The number of para-hydroxylation sites is 1. The number of benzene rings is 2. The first-order valence-corrected chi connectivity index (χ1v) is 12.8. The molecule has 0 spiro atoms. The highest BCUT2D eigenvalue weighted by Gasteiger charge is 2.38. The van der Waals surface area contributed by atoms with Gasteiger partial charge in [-0.05, 0) is 49.7 Å². The lowest BCUT2D eigenvalue weighted by Crippen LogP contribution is -2.45. The number of nitrogens with zero attached hydrogens (tertiary/aromatic N) is 1. The first-order valence-electron chi connectivity index (χ1n) is 12.8. The van der Waals surface area contributed by atoms with Crippen LogP contribution in [-0.4, -0.2) is 94.0 Å². The Labute approximate surface area is 246 Å². The number of carboxylic acid groups (broad SMARTS) is 3. The summed E-state index contributed by atoms with van der Waals surface area (Å²) in [6.45, 7) is 3.24. The molecule has 1 heterocycles. The van der Waals surface area contributed by atoms with Gasteiger partial charge in [0.1, 0.15) is 24.3 Å². The van der Waals surface area contributed by atoms with Crippen molar-refractivity contribution in [1.82, 2.24) is 10.2 Å². The second-order valence-electron chi connectivity index (χ2n) is 9.33. The SMILES string of the molecule is O=C(O)C(F)(F)F.O=C(O)C(F)(F)F.O=C(O)Cc1ccccc1OC[C@@H](O)CNC1CCN(Cc2ccc(F)cc2)CC1. The van der Waals surface area contributed by atoms with Crippen LogP contribution in [0.25, 0.3) is 0 Å². The Balaban J connectivity index is 0.000000574. The molecule has 44 heavy (non-hydrogen) atoms. The molecule has 1 saturated heterocycles. The van der Waals surface area contributed by atoms with Gasteiger partial charge in [-0.15, -0.1) is 0 Å². The molecule has 2 aromatic rings. The predicted molar refractivity (Wildman–Crippen MR) is 139 cm³/mol. The summed E-state index contributed by atoms with van der Waals surface area (Å²) in [7, 11) is 0. The van der Waals surface area contributed by atoms with Crippen LogP contribution < -0.4 is 10.1 Å². The topological polar surface area (TPSA) is 157 Å². The average molecular weight is 645 g/mol. The van der Waals surface area contributed by atoms with E-state index in [2.05, 4.69) is 10.2 Å². The van der Waals surface area contributed by atoms with Crippen molar-refractivity contribution in [3.05, 3.63) is 65.5 Å². The summed E-state index contributed by atoms with van der Waals surface area (Å²) in [4.78, 5) is 31.1. The van der Waals surface area contributed by atoms with E-state index in [1.54, 1.807) is 24.3 Å². The van der Waals surface area contributed by atoms with Crippen LogP contribution in [0.1, 0.15) is 24.0 Å². The number of hydrogen-bond donors (Lipinski definition) is 5. The number of alkyl halides is 6. The van der Waals surface area contributed by atoms with Gasteiger partial charge in [-0.2, -0.15) is 26.3 Å². The van der Waals surface area contributed by atoms with Gasteiger partial charge in [-0.1, -0.05) is 30.3 Å². The van der Waals surface area contributed by atoms with Crippen LogP contribution >= 0.6 is 0 Å². The van der Waals surface area contributed by atoms with Crippen molar-refractivity contribution in [2.24, 2.45) is 0 Å². The first-order chi connectivity index (χ1) is 20.4. The molecule has 0 radical (unpaired) electrons. The van der Waals surface area contributed by atoms with Gasteiger partial charge in [0.25, 0.3) is 0 Å². The highest BCUT2D eigenvalue weighted by Crippen LogP contribution is 2.19. The Morgan fingerprint density at radius 2 is 1.39 bits per heavy atom. The van der Waals surface area contributed by atoms with Crippen molar-refractivity contribution in [2.75, 3.05) is 26.2 Å². The molecule has 0 aromatic heterocycles. The summed E-state index contributed by atoms with van der Waals surface area (Å²) in [5, 5.41) is 36.9. The van der Waals surface area contributed by atoms with Gasteiger partial charge in [-0.3, -0.25) is 9.69 Å². The van der Waals surface area contributed by atoms with Gasteiger partial charge in [-0.25, -0.2) is 14.0 Å². The quantitative estimate of drug-likeness (QED) is 0.242. The van der Waals surface area contributed by atoms with E-state index < -0.39 is 36.4 Å². The normalized spacial score (nSPS) is 14.7. The maximum Gasteiger partial charge on any atom is 0.490 e. The van der Waals surface area contributed by atoms with Crippen LogP contribution in [0.15, 0.2) is 48.5 Å². The zero-order valence-electron chi connectivity index (χ0n) is 22.9. The number of ether oxygens (including phenoxy) is 1. The van der Waals surface area contributed by atoms with Crippen LogP contribution in [0.5, 0.6) is 5.75 Å². The molecular weight excluding hydrogens is 613 g/mol. The minimum Gasteiger partial charge on any atom is -0.491 e. The molecule has 0 saturated carbocycles. The number of aliphatic hydroxyl groups is 1. The highest BCUT2D eigenvalue weighted by molar-refractivity contribution is 5.73. The number of carboxylic acids is 3. The summed E-state index contributed by atoms with van der Waals surface area (Å²) < 4.78 is 82.1. The van der Waals surface area contributed by atoms with Crippen molar-refractivity contribution in [1.29, 1.82) is 0 Å². The van der Waals surface area contributed by atoms with Gasteiger partial charge in [0, 0.05) is 24.7 Å². The van der Waals surface area contributed by atoms with Crippen LogP contribution in [0.2, 0.25) is 0 Å². The fourth-order valence-electron chi connectivity index (χ4n) is 3.64. The van der Waals surface area contributed by atoms with E-state index in [1.165, 1.54) is 12.1 Å². The molecule has 1 aliphatic heterocycles. The van der Waals surface area contributed by atoms with Crippen molar-refractivity contribution in [3.63, 3.8) is 0 Å².